The van der Waals surface area contributed by atoms with E-state index in [2.05, 4.69) is 22.0 Å². The molecule has 0 aliphatic carbocycles. The number of hydrogen-bond acceptors (Lipinski definition) is 3. The summed E-state index contributed by atoms with van der Waals surface area (Å²) in [5.74, 6) is 1.01. The van der Waals surface area contributed by atoms with Gasteiger partial charge in [0.25, 0.3) is 0 Å². The lowest BCUT2D eigenvalue weighted by molar-refractivity contribution is 0.168. The second-order valence-corrected chi connectivity index (χ2v) is 6.37. The van der Waals surface area contributed by atoms with Crippen LogP contribution in [0, 0.1) is 5.92 Å². The molecule has 2 heterocycles. The Labute approximate surface area is 119 Å². The summed E-state index contributed by atoms with van der Waals surface area (Å²) in [6.45, 7) is 12.6. The van der Waals surface area contributed by atoms with Crippen molar-refractivity contribution >= 4 is 0 Å². The largest absolute Gasteiger partial charge is 0.314 e. The number of nitrogens with zero attached hydrogens (tertiary/aromatic N) is 2. The van der Waals surface area contributed by atoms with E-state index in [9.17, 15) is 0 Å². The van der Waals surface area contributed by atoms with Crippen LogP contribution in [0.25, 0.3) is 0 Å². The maximum absolute atomic E-state index is 3.43. The van der Waals surface area contributed by atoms with Gasteiger partial charge in [0.1, 0.15) is 0 Å². The molecule has 0 aromatic heterocycles. The summed E-state index contributed by atoms with van der Waals surface area (Å²) in [5.41, 5.74) is 0. The molecule has 2 fully saturated rings. The van der Waals surface area contributed by atoms with E-state index in [1.807, 2.05) is 0 Å². The van der Waals surface area contributed by atoms with Crippen molar-refractivity contribution in [3.05, 3.63) is 0 Å². The van der Waals surface area contributed by atoms with Crippen molar-refractivity contribution in [2.24, 2.45) is 5.92 Å². The molecular weight excluding hydrogens is 234 g/mol. The number of piperazine rings is 1. The molecule has 0 spiro atoms. The first-order valence-corrected chi connectivity index (χ1v) is 8.54. The Morgan fingerprint density at radius 2 is 1.53 bits per heavy atom. The van der Waals surface area contributed by atoms with Gasteiger partial charge in [-0.3, -0.25) is 0 Å². The molecule has 0 bridgehead atoms. The quantitative estimate of drug-likeness (QED) is 0.763. The zero-order valence-electron chi connectivity index (χ0n) is 12.9. The molecule has 2 aliphatic heterocycles. The van der Waals surface area contributed by atoms with Crippen molar-refractivity contribution in [2.45, 2.75) is 45.4 Å². The lowest BCUT2D eigenvalue weighted by Gasteiger charge is -2.32. The minimum atomic E-state index is 1.01. The van der Waals surface area contributed by atoms with E-state index in [0.717, 1.165) is 5.92 Å². The average Bonchev–Trinajstić information content (AvgIpc) is 2.47. The highest BCUT2D eigenvalue weighted by Crippen LogP contribution is 2.22. The van der Waals surface area contributed by atoms with Gasteiger partial charge < -0.3 is 15.1 Å². The van der Waals surface area contributed by atoms with Crippen molar-refractivity contribution in [1.82, 2.24) is 15.1 Å². The minimum absolute atomic E-state index is 1.01. The predicted octanol–water partition coefficient (Wildman–Crippen LogP) is 2.18. The van der Waals surface area contributed by atoms with Gasteiger partial charge in [0, 0.05) is 26.2 Å². The molecule has 0 atom stereocenters. The van der Waals surface area contributed by atoms with Crippen molar-refractivity contribution in [1.29, 1.82) is 0 Å². The van der Waals surface area contributed by atoms with E-state index >= 15 is 0 Å². The van der Waals surface area contributed by atoms with Crippen LogP contribution in [0.5, 0.6) is 0 Å². The van der Waals surface area contributed by atoms with Crippen molar-refractivity contribution in [3.63, 3.8) is 0 Å². The first-order chi connectivity index (χ1) is 9.38. The maximum Gasteiger partial charge on any atom is 0.0107 e. The van der Waals surface area contributed by atoms with E-state index in [4.69, 9.17) is 0 Å². The van der Waals surface area contributed by atoms with Crippen LogP contribution in [0.1, 0.15) is 45.4 Å². The molecule has 0 aromatic rings. The van der Waals surface area contributed by atoms with Gasteiger partial charge in [-0.2, -0.15) is 0 Å². The van der Waals surface area contributed by atoms with Gasteiger partial charge in [-0.1, -0.05) is 13.3 Å². The van der Waals surface area contributed by atoms with Crippen LogP contribution in [0.3, 0.4) is 0 Å². The molecule has 3 heteroatoms. The molecule has 0 saturated carbocycles. The average molecular weight is 267 g/mol. The van der Waals surface area contributed by atoms with Gasteiger partial charge in [0.05, 0.1) is 0 Å². The molecule has 0 unspecified atom stereocenters. The first-order valence-electron chi connectivity index (χ1n) is 8.54. The Morgan fingerprint density at radius 1 is 0.895 bits per heavy atom. The smallest absolute Gasteiger partial charge is 0.0107 e. The highest BCUT2D eigenvalue weighted by Gasteiger charge is 2.18. The number of unbranched alkanes of at least 4 members (excludes halogenated alkanes) is 1. The molecule has 112 valence electrons. The molecule has 19 heavy (non-hydrogen) atoms. The van der Waals surface area contributed by atoms with Gasteiger partial charge >= 0.3 is 0 Å². The standard InChI is InChI=1S/C16H33N3/c1-2-3-10-18-12-6-16(7-13-18)5-4-11-19-14-8-17-9-15-19/h16-17H,2-15H2,1H3. The zero-order valence-corrected chi connectivity index (χ0v) is 12.9. The lowest BCUT2D eigenvalue weighted by atomic mass is 9.92. The first kappa shape index (κ1) is 15.3. The van der Waals surface area contributed by atoms with Crippen LogP contribution in [-0.4, -0.2) is 62.2 Å². The molecule has 2 aliphatic rings. The normalized spacial score (nSPS) is 23.8. The fourth-order valence-electron chi connectivity index (χ4n) is 3.42. The SMILES string of the molecule is CCCCN1CCC(CCCN2CCNCC2)CC1. The lowest BCUT2D eigenvalue weighted by Crippen LogP contribution is -2.43. The summed E-state index contributed by atoms with van der Waals surface area (Å²) >= 11 is 0. The van der Waals surface area contributed by atoms with Crippen molar-refractivity contribution in [2.75, 3.05) is 52.4 Å². The van der Waals surface area contributed by atoms with Crippen LogP contribution in [-0.2, 0) is 0 Å². The minimum Gasteiger partial charge on any atom is -0.314 e. The molecule has 0 radical (unpaired) electrons. The van der Waals surface area contributed by atoms with E-state index in [1.54, 1.807) is 0 Å². The molecule has 3 nitrogen and oxygen atoms in total. The van der Waals surface area contributed by atoms with E-state index in [1.165, 1.54) is 90.9 Å². The molecule has 0 aromatic carbocycles. The van der Waals surface area contributed by atoms with Gasteiger partial charge in [-0.05, 0) is 64.2 Å². The third-order valence-electron chi connectivity index (χ3n) is 4.83. The summed E-state index contributed by atoms with van der Waals surface area (Å²) < 4.78 is 0. The highest BCUT2D eigenvalue weighted by molar-refractivity contribution is 4.73. The topological polar surface area (TPSA) is 18.5 Å². The zero-order chi connectivity index (χ0) is 13.3. The summed E-state index contributed by atoms with van der Waals surface area (Å²) in [5, 5.41) is 3.43. The van der Waals surface area contributed by atoms with Crippen LogP contribution in [0.2, 0.25) is 0 Å². The van der Waals surface area contributed by atoms with Crippen LogP contribution >= 0.6 is 0 Å². The summed E-state index contributed by atoms with van der Waals surface area (Å²) in [4.78, 5) is 5.31. The summed E-state index contributed by atoms with van der Waals surface area (Å²) in [6, 6.07) is 0. The van der Waals surface area contributed by atoms with Crippen LogP contribution in [0.15, 0.2) is 0 Å². The molecular formula is C16H33N3. The number of hydrogen-bond donors (Lipinski definition) is 1. The second-order valence-electron chi connectivity index (χ2n) is 6.37. The van der Waals surface area contributed by atoms with Crippen molar-refractivity contribution < 1.29 is 0 Å². The summed E-state index contributed by atoms with van der Waals surface area (Å²) in [7, 11) is 0. The summed E-state index contributed by atoms with van der Waals surface area (Å²) in [6.07, 6.45) is 8.50. The third-order valence-corrected chi connectivity index (χ3v) is 4.83. The highest BCUT2D eigenvalue weighted by atomic mass is 15.2. The molecule has 0 amide bonds. The fourth-order valence-corrected chi connectivity index (χ4v) is 3.42. The fraction of sp³-hybridized carbons (Fsp3) is 1.00. The number of rotatable bonds is 7. The molecule has 1 N–H and O–H groups in total. The number of piperidine rings is 1. The monoisotopic (exact) mass is 267 g/mol. The van der Waals surface area contributed by atoms with Gasteiger partial charge in [-0.25, -0.2) is 0 Å². The Balaban J connectivity index is 1.50. The Morgan fingerprint density at radius 3 is 2.21 bits per heavy atom. The van der Waals surface area contributed by atoms with Gasteiger partial charge in [0.2, 0.25) is 0 Å². The van der Waals surface area contributed by atoms with Gasteiger partial charge in [-0.15, -0.1) is 0 Å². The molecule has 2 saturated heterocycles. The van der Waals surface area contributed by atoms with E-state index < -0.39 is 0 Å². The Bertz CT molecular complexity index is 218. The van der Waals surface area contributed by atoms with Crippen molar-refractivity contribution in [3.8, 4) is 0 Å². The number of likely N-dealkylation sites (tertiary alicyclic amines) is 1. The second kappa shape index (κ2) is 8.93. The number of nitrogens with one attached hydrogen (secondary N) is 1. The van der Waals surface area contributed by atoms with Crippen LogP contribution in [0.4, 0.5) is 0 Å². The van der Waals surface area contributed by atoms with Gasteiger partial charge in [0.15, 0.2) is 0 Å². The molecule has 2 rings (SSSR count). The van der Waals surface area contributed by atoms with E-state index in [0.29, 0.717) is 0 Å². The third kappa shape index (κ3) is 5.80. The Kier molecular flexibility index (Phi) is 7.18. The predicted molar refractivity (Wildman–Crippen MR) is 82.6 cm³/mol. The maximum atomic E-state index is 3.43. The van der Waals surface area contributed by atoms with E-state index in [-0.39, 0.29) is 0 Å². The van der Waals surface area contributed by atoms with Crippen LogP contribution < -0.4 is 5.32 Å². The Hall–Kier alpha value is -0.120.